The van der Waals surface area contributed by atoms with Gasteiger partial charge in [0.25, 0.3) is 0 Å². The van der Waals surface area contributed by atoms with E-state index in [4.69, 9.17) is 0 Å². The summed E-state index contributed by atoms with van der Waals surface area (Å²) < 4.78 is 0. The van der Waals surface area contributed by atoms with Gasteiger partial charge in [-0.1, -0.05) is 18.2 Å². The number of benzene rings is 1. The maximum Gasteiger partial charge on any atom is 0.133 e. The van der Waals surface area contributed by atoms with Crippen LogP contribution in [0, 0.1) is 6.92 Å². The smallest absolute Gasteiger partial charge is 0.133 e. The fourth-order valence-corrected chi connectivity index (χ4v) is 2.71. The van der Waals surface area contributed by atoms with Crippen LogP contribution in [0.5, 0.6) is 0 Å². The van der Waals surface area contributed by atoms with Gasteiger partial charge >= 0.3 is 0 Å². The van der Waals surface area contributed by atoms with Crippen molar-refractivity contribution in [1.29, 1.82) is 0 Å². The molecule has 0 fully saturated rings. The third-order valence-corrected chi connectivity index (χ3v) is 3.75. The van der Waals surface area contributed by atoms with Crippen LogP contribution in [0.4, 0.5) is 11.5 Å². The van der Waals surface area contributed by atoms with Gasteiger partial charge in [-0.05, 0) is 43.5 Å². The summed E-state index contributed by atoms with van der Waals surface area (Å²) in [6, 6.07) is 10.5. The van der Waals surface area contributed by atoms with Gasteiger partial charge in [-0.2, -0.15) is 0 Å². The lowest BCUT2D eigenvalue weighted by molar-refractivity contribution is 0.198. The molecule has 2 heterocycles. The molecule has 98 valence electrons. The van der Waals surface area contributed by atoms with Crippen molar-refractivity contribution in [2.24, 2.45) is 0 Å². The molecule has 19 heavy (non-hydrogen) atoms. The van der Waals surface area contributed by atoms with Crippen LogP contribution in [-0.2, 0) is 6.42 Å². The predicted molar refractivity (Wildman–Crippen MR) is 76.8 cm³/mol. The molecule has 0 saturated carbocycles. The number of hydrogen-bond donors (Lipinski definition) is 1. The van der Waals surface area contributed by atoms with Crippen molar-refractivity contribution in [2.75, 3.05) is 11.4 Å². The zero-order valence-corrected chi connectivity index (χ0v) is 11.3. The minimum absolute atomic E-state index is 0.465. The third-order valence-electron chi connectivity index (χ3n) is 3.75. The highest BCUT2D eigenvalue weighted by molar-refractivity contribution is 5.67. The van der Waals surface area contributed by atoms with E-state index in [1.807, 2.05) is 6.92 Å². The van der Waals surface area contributed by atoms with Crippen LogP contribution in [-0.4, -0.2) is 16.6 Å². The molecule has 1 aliphatic rings. The molecule has 1 aliphatic heterocycles. The van der Waals surface area contributed by atoms with Crippen LogP contribution in [0.1, 0.15) is 29.7 Å². The standard InChI is InChI=1S/C16H18N2O/c1-11-9-16(17-10-14(11)12(2)19)18-8-7-13-5-3-4-6-15(13)18/h3-6,9-10,12,19H,7-8H2,1-2H3. The van der Waals surface area contributed by atoms with Crippen molar-refractivity contribution in [2.45, 2.75) is 26.4 Å². The number of fused-ring (bicyclic) bond motifs is 1. The van der Waals surface area contributed by atoms with Crippen molar-refractivity contribution in [1.82, 2.24) is 4.98 Å². The summed E-state index contributed by atoms with van der Waals surface area (Å²) in [5.74, 6) is 0.965. The van der Waals surface area contributed by atoms with Crippen LogP contribution in [0.2, 0.25) is 0 Å². The quantitative estimate of drug-likeness (QED) is 0.894. The highest BCUT2D eigenvalue weighted by atomic mass is 16.3. The van der Waals surface area contributed by atoms with E-state index >= 15 is 0 Å². The summed E-state index contributed by atoms with van der Waals surface area (Å²) in [6.45, 7) is 4.77. The number of aryl methyl sites for hydroxylation is 1. The van der Waals surface area contributed by atoms with E-state index in [2.05, 4.69) is 40.2 Å². The number of hydrogen-bond acceptors (Lipinski definition) is 3. The molecule has 1 aromatic heterocycles. The van der Waals surface area contributed by atoms with E-state index in [0.29, 0.717) is 0 Å². The van der Waals surface area contributed by atoms with Crippen LogP contribution in [0.3, 0.4) is 0 Å². The Hall–Kier alpha value is -1.87. The monoisotopic (exact) mass is 254 g/mol. The Morgan fingerprint density at radius 1 is 1.32 bits per heavy atom. The van der Waals surface area contributed by atoms with Crippen molar-refractivity contribution < 1.29 is 5.11 Å². The number of pyridine rings is 1. The zero-order valence-electron chi connectivity index (χ0n) is 11.3. The van der Waals surface area contributed by atoms with E-state index in [1.54, 1.807) is 13.1 Å². The van der Waals surface area contributed by atoms with Crippen LogP contribution >= 0.6 is 0 Å². The first-order valence-electron chi connectivity index (χ1n) is 6.67. The Morgan fingerprint density at radius 2 is 2.11 bits per heavy atom. The maximum atomic E-state index is 9.66. The van der Waals surface area contributed by atoms with Gasteiger partial charge in [0, 0.05) is 24.0 Å². The Bertz CT molecular complexity index is 607. The van der Waals surface area contributed by atoms with Gasteiger partial charge in [-0.25, -0.2) is 4.98 Å². The molecule has 0 saturated heterocycles. The summed E-state index contributed by atoms with van der Waals surface area (Å²) >= 11 is 0. The lowest BCUT2D eigenvalue weighted by Gasteiger charge is -2.20. The van der Waals surface area contributed by atoms with E-state index in [-0.39, 0.29) is 0 Å². The van der Waals surface area contributed by atoms with Crippen LogP contribution in [0.25, 0.3) is 0 Å². The first-order chi connectivity index (χ1) is 9.16. The average molecular weight is 254 g/mol. The van der Waals surface area contributed by atoms with Gasteiger partial charge < -0.3 is 10.0 Å². The van der Waals surface area contributed by atoms with Crippen LogP contribution in [0.15, 0.2) is 36.5 Å². The molecule has 1 aromatic carbocycles. The summed E-state index contributed by atoms with van der Waals surface area (Å²) in [5, 5.41) is 9.66. The predicted octanol–water partition coefficient (Wildman–Crippen LogP) is 3.14. The lowest BCUT2D eigenvalue weighted by atomic mass is 10.1. The van der Waals surface area contributed by atoms with Crippen molar-refractivity contribution >= 4 is 11.5 Å². The van der Waals surface area contributed by atoms with Crippen LogP contribution < -0.4 is 4.90 Å². The molecule has 3 nitrogen and oxygen atoms in total. The Labute approximate surface area is 113 Å². The lowest BCUT2D eigenvalue weighted by Crippen LogP contribution is -2.15. The molecule has 0 amide bonds. The molecule has 0 radical (unpaired) electrons. The molecule has 1 N–H and O–H groups in total. The van der Waals surface area contributed by atoms with Crippen molar-refractivity contribution in [3.63, 3.8) is 0 Å². The highest BCUT2D eigenvalue weighted by Crippen LogP contribution is 2.34. The number of aliphatic hydroxyl groups is 1. The minimum Gasteiger partial charge on any atom is -0.389 e. The molecule has 3 heteroatoms. The summed E-state index contributed by atoms with van der Waals surface area (Å²) in [7, 11) is 0. The van der Waals surface area contributed by atoms with Gasteiger partial charge in [0.2, 0.25) is 0 Å². The van der Waals surface area contributed by atoms with Gasteiger partial charge in [-0.15, -0.1) is 0 Å². The highest BCUT2D eigenvalue weighted by Gasteiger charge is 2.21. The number of aromatic nitrogens is 1. The second-order valence-electron chi connectivity index (χ2n) is 5.11. The fourth-order valence-electron chi connectivity index (χ4n) is 2.71. The number of anilines is 2. The Kier molecular flexibility index (Phi) is 2.99. The summed E-state index contributed by atoms with van der Waals surface area (Å²) in [4.78, 5) is 6.75. The number of para-hydroxylation sites is 1. The molecule has 3 rings (SSSR count). The average Bonchev–Trinajstić information content (AvgIpc) is 2.82. The third kappa shape index (κ3) is 2.10. The molecule has 0 spiro atoms. The second kappa shape index (κ2) is 4.67. The van der Waals surface area contributed by atoms with Gasteiger partial charge in [0.15, 0.2) is 0 Å². The summed E-state index contributed by atoms with van der Waals surface area (Å²) in [5.41, 5.74) is 4.61. The summed E-state index contributed by atoms with van der Waals surface area (Å²) in [6.07, 6.45) is 2.39. The molecule has 1 unspecified atom stereocenters. The Balaban J connectivity index is 1.99. The molecular formula is C16H18N2O. The van der Waals surface area contributed by atoms with E-state index in [1.165, 1.54) is 11.3 Å². The first kappa shape index (κ1) is 12.2. The van der Waals surface area contributed by atoms with Crippen molar-refractivity contribution in [3.05, 3.63) is 53.2 Å². The van der Waals surface area contributed by atoms with Crippen molar-refractivity contribution in [3.8, 4) is 0 Å². The zero-order chi connectivity index (χ0) is 13.4. The van der Waals surface area contributed by atoms with E-state index in [0.717, 1.165) is 29.9 Å². The maximum absolute atomic E-state index is 9.66. The number of nitrogens with zero attached hydrogens (tertiary/aromatic N) is 2. The normalized spacial score (nSPS) is 15.4. The fraction of sp³-hybridized carbons (Fsp3) is 0.312. The second-order valence-corrected chi connectivity index (χ2v) is 5.11. The van der Waals surface area contributed by atoms with E-state index in [9.17, 15) is 5.11 Å². The molecule has 0 bridgehead atoms. The molecule has 1 atom stereocenters. The SMILES string of the molecule is Cc1cc(N2CCc3ccccc32)ncc1C(C)O. The number of aliphatic hydroxyl groups excluding tert-OH is 1. The minimum atomic E-state index is -0.465. The molecule has 0 aliphatic carbocycles. The number of rotatable bonds is 2. The topological polar surface area (TPSA) is 36.4 Å². The Morgan fingerprint density at radius 3 is 2.84 bits per heavy atom. The first-order valence-corrected chi connectivity index (χ1v) is 6.67. The van der Waals surface area contributed by atoms with Gasteiger partial charge in [0.05, 0.1) is 6.10 Å². The molecular weight excluding hydrogens is 236 g/mol. The molecule has 2 aromatic rings. The van der Waals surface area contributed by atoms with E-state index < -0.39 is 6.10 Å². The van der Waals surface area contributed by atoms with Gasteiger partial charge in [-0.3, -0.25) is 0 Å². The van der Waals surface area contributed by atoms with Gasteiger partial charge in [0.1, 0.15) is 5.82 Å². The largest absolute Gasteiger partial charge is 0.389 e.